The Bertz CT molecular complexity index is 283. The van der Waals surface area contributed by atoms with Crippen LogP contribution in [0.4, 0.5) is 0 Å². The van der Waals surface area contributed by atoms with Gasteiger partial charge in [-0.05, 0) is 24.6 Å². The molecule has 0 aliphatic heterocycles. The lowest BCUT2D eigenvalue weighted by atomic mass is 10.2. The van der Waals surface area contributed by atoms with Crippen molar-refractivity contribution in [2.75, 3.05) is 27.2 Å². The van der Waals surface area contributed by atoms with Gasteiger partial charge in [0.2, 0.25) is 0 Å². The molecule has 0 fully saturated rings. The molecule has 0 radical (unpaired) electrons. The lowest BCUT2D eigenvalue weighted by molar-refractivity contribution is -0.892. The molecule has 1 aromatic rings. The summed E-state index contributed by atoms with van der Waals surface area (Å²) in [6, 6.07) is 4.09. The van der Waals surface area contributed by atoms with E-state index in [1.165, 1.54) is 5.56 Å². The first-order valence-corrected chi connectivity index (χ1v) is 5.38. The lowest BCUT2D eigenvalue weighted by Crippen LogP contribution is -2.45. The van der Waals surface area contributed by atoms with Crippen LogP contribution < -0.4 is 0 Å². The zero-order valence-corrected chi connectivity index (χ0v) is 9.85. The molecule has 3 heteroatoms. The van der Waals surface area contributed by atoms with Gasteiger partial charge in [0.15, 0.2) is 0 Å². The van der Waals surface area contributed by atoms with Crippen molar-refractivity contribution < 1.29 is 9.59 Å². The fourth-order valence-corrected chi connectivity index (χ4v) is 1.79. The first-order chi connectivity index (χ1) is 6.99. The van der Waals surface area contributed by atoms with Crippen LogP contribution in [0.25, 0.3) is 0 Å². The van der Waals surface area contributed by atoms with Crippen LogP contribution in [0, 0.1) is 0 Å². The topological polar surface area (TPSA) is 33.1 Å². The Morgan fingerprint density at radius 3 is 2.47 bits per heavy atom. The minimum Gasteiger partial charge on any atom is -0.388 e. The second-order valence-electron chi connectivity index (χ2n) is 4.80. The highest BCUT2D eigenvalue weighted by atomic mass is 16.3. The standard InChI is InChI=1S/C12H21N2O/c1-11(15)10-14(2,3)9-6-12-4-7-13-8-5-12/h4-5,7-8,11,15H,6,9-10H2,1-3H3/q+1. The SMILES string of the molecule is CC(O)C[N+](C)(C)CCc1ccncc1. The second kappa shape index (κ2) is 5.24. The fourth-order valence-electron chi connectivity index (χ4n) is 1.79. The smallest absolute Gasteiger partial charge is 0.104 e. The van der Waals surface area contributed by atoms with Gasteiger partial charge in [-0.15, -0.1) is 0 Å². The van der Waals surface area contributed by atoms with Gasteiger partial charge in [0.1, 0.15) is 12.6 Å². The number of pyridine rings is 1. The zero-order valence-electron chi connectivity index (χ0n) is 9.85. The Balaban J connectivity index is 2.42. The normalized spacial score (nSPS) is 13.9. The molecule has 1 aromatic heterocycles. The highest BCUT2D eigenvalue weighted by Crippen LogP contribution is 2.05. The molecule has 1 N–H and O–H groups in total. The minimum absolute atomic E-state index is 0.238. The van der Waals surface area contributed by atoms with Crippen LogP contribution in [0.2, 0.25) is 0 Å². The van der Waals surface area contributed by atoms with E-state index in [1.807, 2.05) is 31.5 Å². The Labute approximate surface area is 92.0 Å². The van der Waals surface area contributed by atoms with Gasteiger partial charge in [-0.1, -0.05) is 0 Å². The van der Waals surface area contributed by atoms with Crippen LogP contribution in [0.1, 0.15) is 12.5 Å². The molecule has 1 rings (SSSR count). The van der Waals surface area contributed by atoms with Gasteiger partial charge in [0.05, 0.1) is 20.6 Å². The molecule has 0 aliphatic carbocycles. The zero-order chi connectivity index (χ0) is 11.3. The predicted molar refractivity (Wildman–Crippen MR) is 61.5 cm³/mol. The van der Waals surface area contributed by atoms with Crippen LogP contribution in [-0.2, 0) is 6.42 Å². The lowest BCUT2D eigenvalue weighted by Gasteiger charge is -2.31. The Morgan fingerprint density at radius 2 is 1.93 bits per heavy atom. The summed E-state index contributed by atoms with van der Waals surface area (Å²) >= 11 is 0. The van der Waals surface area contributed by atoms with E-state index in [-0.39, 0.29) is 6.10 Å². The third-order valence-corrected chi connectivity index (χ3v) is 2.51. The monoisotopic (exact) mass is 209 g/mol. The average molecular weight is 209 g/mol. The van der Waals surface area contributed by atoms with Crippen LogP contribution >= 0.6 is 0 Å². The van der Waals surface area contributed by atoms with E-state index in [9.17, 15) is 5.11 Å². The van der Waals surface area contributed by atoms with Crippen LogP contribution in [0.5, 0.6) is 0 Å². The van der Waals surface area contributed by atoms with Crippen LogP contribution in [-0.4, -0.2) is 47.9 Å². The summed E-state index contributed by atoms with van der Waals surface area (Å²) in [5, 5.41) is 9.36. The van der Waals surface area contributed by atoms with Gasteiger partial charge in [-0.2, -0.15) is 0 Å². The summed E-state index contributed by atoms with van der Waals surface area (Å²) < 4.78 is 0.847. The molecule has 0 aromatic carbocycles. The number of likely N-dealkylation sites (N-methyl/N-ethyl adjacent to an activating group) is 1. The van der Waals surface area contributed by atoms with Crippen molar-refractivity contribution in [3.63, 3.8) is 0 Å². The van der Waals surface area contributed by atoms with Crippen molar-refractivity contribution in [1.82, 2.24) is 4.98 Å². The van der Waals surface area contributed by atoms with Crippen LogP contribution in [0.3, 0.4) is 0 Å². The molecule has 0 spiro atoms. The number of aliphatic hydroxyl groups excluding tert-OH is 1. The molecule has 0 saturated carbocycles. The summed E-state index contributed by atoms with van der Waals surface area (Å²) in [6.45, 7) is 3.67. The molecule has 0 saturated heterocycles. The maximum atomic E-state index is 9.36. The number of hydrogen-bond acceptors (Lipinski definition) is 2. The maximum absolute atomic E-state index is 9.36. The van der Waals surface area contributed by atoms with E-state index in [4.69, 9.17) is 0 Å². The van der Waals surface area contributed by atoms with Gasteiger partial charge in [-0.25, -0.2) is 0 Å². The van der Waals surface area contributed by atoms with Gasteiger partial charge in [-0.3, -0.25) is 4.98 Å². The van der Waals surface area contributed by atoms with Crippen molar-refractivity contribution in [2.24, 2.45) is 0 Å². The summed E-state index contributed by atoms with van der Waals surface area (Å²) in [5.41, 5.74) is 1.31. The third kappa shape index (κ3) is 4.91. The third-order valence-electron chi connectivity index (χ3n) is 2.51. The summed E-state index contributed by atoms with van der Waals surface area (Å²) in [6.07, 6.45) is 4.44. The van der Waals surface area contributed by atoms with Gasteiger partial charge in [0.25, 0.3) is 0 Å². The molecule has 0 bridgehead atoms. The number of nitrogens with zero attached hydrogens (tertiary/aromatic N) is 2. The maximum Gasteiger partial charge on any atom is 0.104 e. The molecule has 15 heavy (non-hydrogen) atoms. The molecule has 1 unspecified atom stereocenters. The highest BCUT2D eigenvalue weighted by Gasteiger charge is 2.17. The first-order valence-electron chi connectivity index (χ1n) is 5.38. The number of aliphatic hydroxyl groups is 1. The highest BCUT2D eigenvalue weighted by molar-refractivity contribution is 5.09. The van der Waals surface area contributed by atoms with Gasteiger partial charge < -0.3 is 9.59 Å². The molecule has 0 amide bonds. The second-order valence-corrected chi connectivity index (χ2v) is 4.80. The average Bonchev–Trinajstić information content (AvgIpc) is 2.15. The van der Waals surface area contributed by atoms with E-state index in [1.54, 1.807) is 0 Å². The van der Waals surface area contributed by atoms with Gasteiger partial charge in [0, 0.05) is 18.8 Å². The first kappa shape index (κ1) is 12.1. The molecule has 84 valence electrons. The largest absolute Gasteiger partial charge is 0.388 e. The van der Waals surface area contributed by atoms with Crippen molar-refractivity contribution in [1.29, 1.82) is 0 Å². The Morgan fingerprint density at radius 1 is 1.33 bits per heavy atom. The van der Waals surface area contributed by atoms with E-state index in [0.29, 0.717) is 0 Å². The van der Waals surface area contributed by atoms with E-state index in [2.05, 4.69) is 19.1 Å². The van der Waals surface area contributed by atoms with E-state index in [0.717, 1.165) is 24.0 Å². The summed E-state index contributed by atoms with van der Waals surface area (Å²) in [7, 11) is 4.29. The van der Waals surface area contributed by atoms with Crippen molar-refractivity contribution in [2.45, 2.75) is 19.4 Å². The number of rotatable bonds is 5. The van der Waals surface area contributed by atoms with Crippen molar-refractivity contribution in [3.8, 4) is 0 Å². The number of hydrogen-bond donors (Lipinski definition) is 1. The quantitative estimate of drug-likeness (QED) is 0.736. The molecule has 1 heterocycles. The predicted octanol–water partition coefficient (Wildman–Crippen LogP) is 1.08. The van der Waals surface area contributed by atoms with Crippen molar-refractivity contribution >= 4 is 0 Å². The van der Waals surface area contributed by atoms with E-state index < -0.39 is 0 Å². The Kier molecular flexibility index (Phi) is 4.24. The minimum atomic E-state index is -0.238. The number of quaternary nitrogens is 1. The van der Waals surface area contributed by atoms with Crippen molar-refractivity contribution in [3.05, 3.63) is 30.1 Å². The Hall–Kier alpha value is -0.930. The molecule has 3 nitrogen and oxygen atoms in total. The van der Waals surface area contributed by atoms with E-state index >= 15 is 0 Å². The molecular weight excluding hydrogens is 188 g/mol. The molecule has 0 aliphatic rings. The summed E-state index contributed by atoms with van der Waals surface area (Å²) in [5.74, 6) is 0. The van der Waals surface area contributed by atoms with Crippen LogP contribution in [0.15, 0.2) is 24.5 Å². The van der Waals surface area contributed by atoms with Gasteiger partial charge >= 0.3 is 0 Å². The number of aromatic nitrogens is 1. The molecule has 1 atom stereocenters. The summed E-state index contributed by atoms with van der Waals surface area (Å²) in [4.78, 5) is 3.99. The molecular formula is C12H21N2O+. The fraction of sp³-hybridized carbons (Fsp3) is 0.583.